The fourth-order valence-electron chi connectivity index (χ4n) is 4.90. The maximum atomic E-state index is 13.1. The van der Waals surface area contributed by atoms with Crippen molar-refractivity contribution in [2.24, 2.45) is 0 Å². The number of ether oxygens (including phenoxy) is 1. The van der Waals surface area contributed by atoms with E-state index in [-0.39, 0.29) is 17.7 Å². The number of aryl methyl sites for hydroxylation is 1. The van der Waals surface area contributed by atoms with E-state index >= 15 is 0 Å². The number of unbranched alkanes of at least 4 members (excludes halogenated alkanes) is 2. The van der Waals surface area contributed by atoms with E-state index in [1.165, 1.54) is 11.5 Å². The molecule has 0 radical (unpaired) electrons. The second kappa shape index (κ2) is 13.8. The molecular formula is C32H33N5O3S2. The number of fused-ring (bicyclic) bond motifs is 1. The molecular weight excluding hydrogens is 567 g/mol. The van der Waals surface area contributed by atoms with Crippen LogP contribution in [0.1, 0.15) is 69.7 Å². The molecule has 0 saturated heterocycles. The molecule has 3 aromatic heterocycles. The lowest BCUT2D eigenvalue weighted by Gasteiger charge is -2.16. The molecule has 42 heavy (non-hydrogen) atoms. The Balaban J connectivity index is 1.30. The average Bonchev–Trinajstić information content (AvgIpc) is 3.69. The number of carbonyl (C=O) groups is 2. The Hall–Kier alpha value is -4.02. The van der Waals surface area contributed by atoms with Gasteiger partial charge in [0.25, 0.3) is 5.91 Å². The van der Waals surface area contributed by atoms with Gasteiger partial charge in [-0.15, -0.1) is 11.8 Å². The molecule has 0 aliphatic heterocycles. The second-order valence-corrected chi connectivity index (χ2v) is 11.7. The molecule has 0 unspecified atom stereocenters. The van der Waals surface area contributed by atoms with Crippen LogP contribution in [0.2, 0.25) is 0 Å². The first-order valence-electron chi connectivity index (χ1n) is 13.9. The topological polar surface area (TPSA) is 110 Å². The molecule has 5 aromatic rings. The van der Waals surface area contributed by atoms with Crippen LogP contribution in [0.4, 0.5) is 0 Å². The molecule has 10 heteroatoms. The van der Waals surface area contributed by atoms with Gasteiger partial charge in [0, 0.05) is 22.3 Å². The number of benzene rings is 2. The van der Waals surface area contributed by atoms with Gasteiger partial charge in [-0.25, -0.2) is 9.97 Å². The Morgan fingerprint density at radius 1 is 1.07 bits per heavy atom. The number of nitrogens with one attached hydrogen (secondary N) is 2. The number of amides is 1. The number of imidazole rings is 1. The lowest BCUT2D eigenvalue weighted by Crippen LogP contribution is -2.28. The zero-order valence-corrected chi connectivity index (χ0v) is 25.5. The van der Waals surface area contributed by atoms with Gasteiger partial charge in [0.15, 0.2) is 5.78 Å². The van der Waals surface area contributed by atoms with Gasteiger partial charge >= 0.3 is 0 Å². The van der Waals surface area contributed by atoms with Gasteiger partial charge < -0.3 is 15.0 Å². The third-order valence-electron chi connectivity index (χ3n) is 7.06. The zero-order chi connectivity index (χ0) is 29.5. The van der Waals surface area contributed by atoms with E-state index in [1.54, 1.807) is 31.1 Å². The van der Waals surface area contributed by atoms with Crippen molar-refractivity contribution >= 4 is 45.9 Å². The molecule has 0 spiro atoms. The summed E-state index contributed by atoms with van der Waals surface area (Å²) >= 11 is 2.77. The number of thioether (sulfide) groups is 1. The summed E-state index contributed by atoms with van der Waals surface area (Å²) in [6.45, 7) is 1.87. The van der Waals surface area contributed by atoms with Crippen molar-refractivity contribution in [2.45, 2.75) is 50.0 Å². The predicted octanol–water partition coefficient (Wildman–Crippen LogP) is 7.42. The number of ketones is 1. The van der Waals surface area contributed by atoms with Crippen LogP contribution in [0.5, 0.6) is 5.88 Å². The number of carbonyl (C=O) groups excluding carboxylic acids is 2. The van der Waals surface area contributed by atoms with Crippen LogP contribution in [0, 0.1) is 6.92 Å². The van der Waals surface area contributed by atoms with Gasteiger partial charge in [-0.2, -0.15) is 4.37 Å². The largest absolute Gasteiger partial charge is 0.480 e. The molecule has 0 aliphatic rings. The first-order valence-corrected chi connectivity index (χ1v) is 15.9. The molecule has 1 amide bonds. The Kier molecular flexibility index (Phi) is 9.66. The highest BCUT2D eigenvalue weighted by Crippen LogP contribution is 2.32. The minimum atomic E-state index is -0.346. The molecule has 1 atom stereocenters. The van der Waals surface area contributed by atoms with E-state index in [1.807, 2.05) is 67.8 Å². The van der Waals surface area contributed by atoms with E-state index in [0.29, 0.717) is 29.4 Å². The van der Waals surface area contributed by atoms with Gasteiger partial charge in [0.1, 0.15) is 10.7 Å². The van der Waals surface area contributed by atoms with E-state index < -0.39 is 0 Å². The molecule has 5 rings (SSSR count). The summed E-state index contributed by atoms with van der Waals surface area (Å²) in [5.41, 5.74) is 3.99. The Bertz CT molecular complexity index is 1700. The first kappa shape index (κ1) is 29.5. The van der Waals surface area contributed by atoms with Crippen molar-refractivity contribution in [1.82, 2.24) is 24.6 Å². The first-order chi connectivity index (χ1) is 20.5. The molecule has 2 aromatic carbocycles. The summed E-state index contributed by atoms with van der Waals surface area (Å²) in [5, 5.41) is 4.14. The second-order valence-electron chi connectivity index (χ2n) is 10.0. The number of aromatic nitrogens is 4. The smallest absolute Gasteiger partial charge is 0.263 e. The van der Waals surface area contributed by atoms with Crippen LogP contribution in [0.25, 0.3) is 22.2 Å². The predicted molar refractivity (Wildman–Crippen MR) is 169 cm³/mol. The highest BCUT2D eigenvalue weighted by Gasteiger charge is 2.22. The van der Waals surface area contributed by atoms with Gasteiger partial charge in [0.2, 0.25) is 5.88 Å². The summed E-state index contributed by atoms with van der Waals surface area (Å²) in [4.78, 5) is 40.2. The molecule has 216 valence electrons. The van der Waals surface area contributed by atoms with Crippen molar-refractivity contribution in [1.29, 1.82) is 0 Å². The summed E-state index contributed by atoms with van der Waals surface area (Å²) in [6.07, 6.45) is 7.35. The van der Waals surface area contributed by atoms with Crippen molar-refractivity contribution < 1.29 is 14.3 Å². The summed E-state index contributed by atoms with van der Waals surface area (Å²) in [7, 11) is 1.60. The minimum Gasteiger partial charge on any atom is -0.480 e. The minimum absolute atomic E-state index is 0.166. The number of nitrogens with zero attached hydrogens (tertiary/aromatic N) is 3. The Morgan fingerprint density at radius 2 is 1.88 bits per heavy atom. The van der Waals surface area contributed by atoms with Crippen LogP contribution in [-0.4, -0.2) is 44.4 Å². The van der Waals surface area contributed by atoms with Crippen LogP contribution in [-0.2, 0) is 0 Å². The number of para-hydroxylation sites is 1. The Labute approximate surface area is 253 Å². The number of rotatable bonds is 13. The summed E-state index contributed by atoms with van der Waals surface area (Å²) < 4.78 is 9.85. The normalized spacial score (nSPS) is 11.9. The summed E-state index contributed by atoms with van der Waals surface area (Å²) in [5.74, 6) is 1.13. The zero-order valence-electron chi connectivity index (χ0n) is 23.8. The SMILES string of the molecule is COc1nc2ccccc2cc1-c1cnc([C@H](CCCCCC(=O)c2ccccc2SC)NC(=O)c2cc(C)ns2)[nH]1. The number of Topliss-reactive ketones (excluding diaryl/α,β-unsaturated/α-hetero) is 1. The van der Waals surface area contributed by atoms with Crippen LogP contribution >= 0.6 is 23.3 Å². The molecule has 0 saturated carbocycles. The molecule has 0 fully saturated rings. The monoisotopic (exact) mass is 599 g/mol. The maximum Gasteiger partial charge on any atom is 0.263 e. The van der Waals surface area contributed by atoms with Gasteiger partial charge in [0.05, 0.1) is 41.8 Å². The molecule has 3 heterocycles. The molecule has 2 N–H and O–H groups in total. The lowest BCUT2D eigenvalue weighted by atomic mass is 10.0. The Morgan fingerprint density at radius 3 is 2.67 bits per heavy atom. The number of hydrogen-bond donors (Lipinski definition) is 2. The maximum absolute atomic E-state index is 13.1. The van der Waals surface area contributed by atoms with Gasteiger partial charge in [-0.3, -0.25) is 9.59 Å². The third-order valence-corrected chi connectivity index (χ3v) is 8.73. The molecule has 8 nitrogen and oxygen atoms in total. The number of hydrogen-bond acceptors (Lipinski definition) is 8. The van der Waals surface area contributed by atoms with Crippen molar-refractivity contribution in [2.75, 3.05) is 13.4 Å². The number of aromatic amines is 1. The van der Waals surface area contributed by atoms with E-state index in [9.17, 15) is 9.59 Å². The average molecular weight is 600 g/mol. The standard InChI is InChI=1S/C32H33N5O3S2/c1-20-17-29(42-37-20)31(39)35-25(14-5-4-6-15-27(38)22-12-8-10-16-28(22)41-3)30-33-19-26(34-30)23-18-21-11-7-9-13-24(21)36-32(23)40-2/h7-13,16-19,25H,4-6,14-15H2,1-3H3,(H,33,34)(H,35,39)/t25-/m0/s1. The van der Waals surface area contributed by atoms with E-state index in [4.69, 9.17) is 4.74 Å². The van der Waals surface area contributed by atoms with Crippen molar-refractivity contribution in [3.8, 4) is 17.1 Å². The van der Waals surface area contributed by atoms with Crippen LogP contribution in [0.3, 0.4) is 0 Å². The summed E-state index contributed by atoms with van der Waals surface area (Å²) in [6, 6.07) is 19.1. The fraction of sp³-hybridized carbons (Fsp3) is 0.281. The van der Waals surface area contributed by atoms with Crippen LogP contribution in [0.15, 0.2) is 71.8 Å². The number of pyridine rings is 1. The third kappa shape index (κ3) is 6.88. The lowest BCUT2D eigenvalue weighted by molar-refractivity contribution is 0.0936. The van der Waals surface area contributed by atoms with Crippen LogP contribution < -0.4 is 10.1 Å². The van der Waals surface area contributed by atoms with Crippen molar-refractivity contribution in [3.05, 3.63) is 88.8 Å². The molecule has 0 aliphatic carbocycles. The van der Waals surface area contributed by atoms with E-state index in [2.05, 4.69) is 24.6 Å². The van der Waals surface area contributed by atoms with Crippen molar-refractivity contribution in [3.63, 3.8) is 0 Å². The van der Waals surface area contributed by atoms with Gasteiger partial charge in [-0.1, -0.05) is 49.2 Å². The van der Waals surface area contributed by atoms with E-state index in [0.717, 1.165) is 57.6 Å². The quantitative estimate of drug-likeness (QED) is 0.0823. The van der Waals surface area contributed by atoms with Gasteiger partial charge in [-0.05, 0) is 61.8 Å². The highest BCUT2D eigenvalue weighted by atomic mass is 32.2. The fourth-order valence-corrected chi connectivity index (χ4v) is 6.17. The highest BCUT2D eigenvalue weighted by molar-refractivity contribution is 7.98. The number of H-pyrrole nitrogens is 1. The molecule has 0 bridgehead atoms. The number of methoxy groups -OCH3 is 1.